The van der Waals surface area contributed by atoms with Gasteiger partial charge in [0, 0.05) is 10.9 Å². The van der Waals surface area contributed by atoms with Gasteiger partial charge in [0.15, 0.2) is 0 Å². The van der Waals surface area contributed by atoms with Crippen molar-refractivity contribution in [3.8, 4) is 17.3 Å². The van der Waals surface area contributed by atoms with E-state index in [4.69, 9.17) is 10.2 Å². The molecule has 2 aromatic carbocycles. The van der Waals surface area contributed by atoms with E-state index in [1.54, 1.807) is 11.3 Å². The second-order valence-corrected chi connectivity index (χ2v) is 6.50. The van der Waals surface area contributed by atoms with Gasteiger partial charge in [-0.15, -0.1) is 11.3 Å². The molecule has 0 amide bonds. The van der Waals surface area contributed by atoms with Gasteiger partial charge in [0.1, 0.15) is 5.01 Å². The van der Waals surface area contributed by atoms with Crippen LogP contribution in [-0.4, -0.2) is 4.98 Å². The summed E-state index contributed by atoms with van der Waals surface area (Å²) >= 11 is 1.68. The van der Waals surface area contributed by atoms with Crippen molar-refractivity contribution in [2.45, 2.75) is 19.8 Å². The highest BCUT2D eigenvalue weighted by molar-refractivity contribution is 7.11. The molecule has 2 nitrogen and oxygen atoms in total. The molecule has 0 fully saturated rings. The van der Waals surface area contributed by atoms with Gasteiger partial charge in [0.2, 0.25) is 0 Å². The van der Waals surface area contributed by atoms with E-state index in [0.29, 0.717) is 0 Å². The summed E-state index contributed by atoms with van der Waals surface area (Å²) in [5.74, 6) is 0. The van der Waals surface area contributed by atoms with Crippen LogP contribution in [0.25, 0.3) is 16.8 Å². The van der Waals surface area contributed by atoms with Crippen molar-refractivity contribution in [1.29, 1.82) is 5.26 Å². The van der Waals surface area contributed by atoms with Gasteiger partial charge in [0.05, 0.1) is 17.3 Å². The van der Waals surface area contributed by atoms with E-state index in [2.05, 4.69) is 42.6 Å². The third-order valence-electron chi connectivity index (χ3n) is 3.85. The minimum Gasteiger partial charge on any atom is -0.236 e. The molecule has 0 N–H and O–H groups in total. The number of rotatable bonds is 5. The third kappa shape index (κ3) is 3.98. The minimum absolute atomic E-state index is 0.723. The van der Waals surface area contributed by atoms with E-state index in [0.717, 1.165) is 34.7 Å². The number of nitriles is 1. The quantitative estimate of drug-likeness (QED) is 0.600. The largest absolute Gasteiger partial charge is 0.236 e. The average Bonchev–Trinajstić information content (AvgIpc) is 3.13. The molecule has 0 saturated heterocycles. The minimum atomic E-state index is 0.723. The monoisotopic (exact) mass is 330 g/mol. The number of nitrogens with zero attached hydrogens (tertiary/aromatic N) is 2. The predicted molar refractivity (Wildman–Crippen MR) is 101 cm³/mol. The molecule has 0 aliphatic heterocycles. The Morgan fingerprint density at radius 2 is 2.00 bits per heavy atom. The molecule has 1 heterocycles. The maximum atomic E-state index is 8.95. The van der Waals surface area contributed by atoms with Crippen LogP contribution in [0.1, 0.15) is 29.5 Å². The Morgan fingerprint density at radius 1 is 1.17 bits per heavy atom. The molecule has 0 bridgehead atoms. The summed E-state index contributed by atoms with van der Waals surface area (Å²) < 4.78 is 0. The van der Waals surface area contributed by atoms with E-state index in [1.165, 1.54) is 11.1 Å². The van der Waals surface area contributed by atoms with Gasteiger partial charge in [0.25, 0.3) is 0 Å². The lowest BCUT2D eigenvalue weighted by Gasteiger charge is -2.00. The summed E-state index contributed by atoms with van der Waals surface area (Å²) in [6.45, 7) is 2.11. The standard InChI is InChI=1S/C21H18N2S/c1-16(7-5-8-17-9-6-10-18(13-17)14-22)21-23-20(15-24-21)19-11-3-2-4-12-19/h2-4,6-7,9-13,15H,5,8H2,1H3. The van der Waals surface area contributed by atoms with Gasteiger partial charge in [-0.05, 0) is 43.0 Å². The Balaban J connectivity index is 1.66. The number of hydrogen-bond donors (Lipinski definition) is 0. The Bertz CT molecular complexity index is 885. The van der Waals surface area contributed by atoms with Crippen LogP contribution in [0.15, 0.2) is 66.1 Å². The van der Waals surface area contributed by atoms with E-state index in [9.17, 15) is 0 Å². The molecule has 0 atom stereocenters. The average molecular weight is 330 g/mol. The molecular weight excluding hydrogens is 312 g/mol. The summed E-state index contributed by atoms with van der Waals surface area (Å²) in [5.41, 5.74) is 5.31. The van der Waals surface area contributed by atoms with Crippen LogP contribution in [-0.2, 0) is 6.42 Å². The first kappa shape index (κ1) is 16.2. The van der Waals surface area contributed by atoms with Gasteiger partial charge < -0.3 is 0 Å². The molecule has 1 aromatic heterocycles. The molecule has 0 radical (unpaired) electrons. The Kier molecular flexibility index (Phi) is 5.20. The van der Waals surface area contributed by atoms with Crippen molar-refractivity contribution < 1.29 is 0 Å². The van der Waals surface area contributed by atoms with E-state index in [-0.39, 0.29) is 0 Å². The lowest BCUT2D eigenvalue weighted by molar-refractivity contribution is 1.00. The van der Waals surface area contributed by atoms with Crippen molar-refractivity contribution in [1.82, 2.24) is 4.98 Å². The van der Waals surface area contributed by atoms with Gasteiger partial charge in [-0.2, -0.15) is 5.26 Å². The van der Waals surface area contributed by atoms with Gasteiger partial charge >= 0.3 is 0 Å². The number of aromatic nitrogens is 1. The molecular formula is C21H18N2S. The lowest BCUT2D eigenvalue weighted by atomic mass is 10.1. The predicted octanol–water partition coefficient (Wildman–Crippen LogP) is 5.72. The SMILES string of the molecule is CC(=CCCc1cccc(C#N)c1)c1nc(-c2ccccc2)cs1. The van der Waals surface area contributed by atoms with Crippen LogP contribution < -0.4 is 0 Å². The smallest absolute Gasteiger partial charge is 0.119 e. The van der Waals surface area contributed by atoms with Gasteiger partial charge in [-0.3, -0.25) is 0 Å². The molecule has 3 aromatic rings. The van der Waals surface area contributed by atoms with Gasteiger partial charge in [-0.1, -0.05) is 48.5 Å². The van der Waals surface area contributed by atoms with Crippen molar-refractivity contribution in [2.24, 2.45) is 0 Å². The topological polar surface area (TPSA) is 36.7 Å². The van der Waals surface area contributed by atoms with E-state index < -0.39 is 0 Å². The highest BCUT2D eigenvalue weighted by atomic mass is 32.1. The molecule has 0 aliphatic carbocycles. The van der Waals surface area contributed by atoms with Gasteiger partial charge in [-0.25, -0.2) is 4.98 Å². The number of hydrogen-bond acceptors (Lipinski definition) is 3. The second-order valence-electron chi connectivity index (χ2n) is 5.64. The summed E-state index contributed by atoms with van der Waals surface area (Å²) in [5, 5.41) is 12.1. The normalized spacial score (nSPS) is 11.2. The first-order valence-electron chi connectivity index (χ1n) is 7.93. The second kappa shape index (κ2) is 7.72. The summed E-state index contributed by atoms with van der Waals surface area (Å²) in [4.78, 5) is 4.74. The molecule has 118 valence electrons. The zero-order valence-corrected chi connectivity index (χ0v) is 14.4. The van der Waals surface area contributed by atoms with Crippen LogP contribution in [0, 0.1) is 11.3 Å². The zero-order valence-electron chi connectivity index (χ0n) is 13.6. The number of benzene rings is 2. The van der Waals surface area contributed by atoms with Crippen LogP contribution in [0.3, 0.4) is 0 Å². The molecule has 0 aliphatic rings. The Morgan fingerprint density at radius 3 is 2.79 bits per heavy atom. The fourth-order valence-electron chi connectivity index (χ4n) is 2.54. The summed E-state index contributed by atoms with van der Waals surface area (Å²) in [6.07, 6.45) is 4.11. The number of allylic oxidation sites excluding steroid dienone is 2. The molecule has 3 rings (SSSR count). The number of thiazole rings is 1. The van der Waals surface area contributed by atoms with Crippen LogP contribution >= 0.6 is 11.3 Å². The summed E-state index contributed by atoms with van der Waals surface area (Å²) in [7, 11) is 0. The van der Waals surface area contributed by atoms with Crippen molar-refractivity contribution in [3.63, 3.8) is 0 Å². The number of aryl methyl sites for hydroxylation is 1. The fraction of sp³-hybridized carbons (Fsp3) is 0.143. The van der Waals surface area contributed by atoms with Crippen LogP contribution in [0.2, 0.25) is 0 Å². The van der Waals surface area contributed by atoms with E-state index in [1.807, 2.05) is 36.4 Å². The summed E-state index contributed by atoms with van der Waals surface area (Å²) in [6, 6.07) is 20.2. The molecule has 0 spiro atoms. The molecule has 24 heavy (non-hydrogen) atoms. The highest BCUT2D eigenvalue weighted by Gasteiger charge is 2.05. The first-order valence-corrected chi connectivity index (χ1v) is 8.81. The molecule has 0 saturated carbocycles. The first-order chi connectivity index (χ1) is 11.8. The maximum Gasteiger partial charge on any atom is 0.119 e. The molecule has 0 unspecified atom stereocenters. The van der Waals surface area contributed by atoms with Crippen LogP contribution in [0.4, 0.5) is 0 Å². The lowest BCUT2D eigenvalue weighted by Crippen LogP contribution is -1.86. The Hall–Kier alpha value is -2.70. The van der Waals surface area contributed by atoms with Crippen LogP contribution in [0.5, 0.6) is 0 Å². The zero-order chi connectivity index (χ0) is 16.8. The maximum absolute atomic E-state index is 8.95. The van der Waals surface area contributed by atoms with Crippen molar-refractivity contribution in [2.75, 3.05) is 0 Å². The van der Waals surface area contributed by atoms with Crippen molar-refractivity contribution in [3.05, 3.63) is 82.2 Å². The third-order valence-corrected chi connectivity index (χ3v) is 4.83. The van der Waals surface area contributed by atoms with Crippen molar-refractivity contribution >= 4 is 16.9 Å². The Labute approximate surface area is 146 Å². The molecule has 3 heteroatoms. The highest BCUT2D eigenvalue weighted by Crippen LogP contribution is 2.26. The van der Waals surface area contributed by atoms with E-state index >= 15 is 0 Å². The fourth-order valence-corrected chi connectivity index (χ4v) is 3.37.